The Morgan fingerprint density at radius 2 is 1.40 bits per heavy atom. The van der Waals surface area contributed by atoms with E-state index >= 15 is 0 Å². The molecule has 0 amide bonds. The van der Waals surface area contributed by atoms with E-state index in [2.05, 4.69) is 15.9 Å². The zero-order valence-electron chi connectivity index (χ0n) is 8.70. The summed E-state index contributed by atoms with van der Waals surface area (Å²) in [5.41, 5.74) is 2.43. The smallest absolute Gasteiger partial charge is 0.124 e. The second-order valence-electron chi connectivity index (χ2n) is 3.25. The second-order valence-corrected chi connectivity index (χ2v) is 4.57. The zero-order valence-corrected chi connectivity index (χ0v) is 11.8. The summed E-state index contributed by atoms with van der Waals surface area (Å²) < 4.78 is 0. The molecule has 0 unspecified atom stereocenters. The van der Waals surface area contributed by atoms with E-state index in [-0.39, 0.29) is 5.75 Å². The predicted octanol–water partition coefficient (Wildman–Crippen LogP) is 4.72. The molecule has 0 aliphatic heterocycles. The van der Waals surface area contributed by atoms with Crippen molar-refractivity contribution in [2.45, 2.75) is 32.0 Å². The Kier molecular flexibility index (Phi) is 4.75. The van der Waals surface area contributed by atoms with Gasteiger partial charge in [0.1, 0.15) is 5.75 Å². The number of aromatic hydroxyl groups is 1. The molecule has 15 heavy (non-hydrogen) atoms. The number of phenolic OH excluding ortho intramolecular Hbond substituents is 1. The Morgan fingerprint density at radius 3 is 1.67 bits per heavy atom. The minimum atomic E-state index is 0.250. The lowest BCUT2D eigenvalue weighted by Gasteiger charge is -2.15. The molecule has 0 saturated carbocycles. The van der Waals surface area contributed by atoms with Crippen LogP contribution in [0.25, 0.3) is 0 Å². The van der Waals surface area contributed by atoms with Crippen molar-refractivity contribution >= 4 is 39.1 Å². The first-order chi connectivity index (χ1) is 7.08. The molecule has 1 rings (SSSR count). The molecule has 1 aromatic carbocycles. The average molecular weight is 312 g/mol. The van der Waals surface area contributed by atoms with Crippen LogP contribution in [0, 0.1) is 0 Å². The number of halogens is 3. The second kappa shape index (κ2) is 5.42. The van der Waals surface area contributed by atoms with Gasteiger partial charge in [0.15, 0.2) is 0 Å². The summed E-state index contributed by atoms with van der Waals surface area (Å²) in [6.07, 6.45) is 1.41. The number of hydrogen-bond acceptors (Lipinski definition) is 1. The summed E-state index contributed by atoms with van der Waals surface area (Å²) in [7, 11) is 0. The fourth-order valence-electron chi connectivity index (χ4n) is 1.61. The van der Waals surface area contributed by atoms with E-state index in [1.54, 1.807) is 0 Å². The highest BCUT2D eigenvalue weighted by Crippen LogP contribution is 2.40. The quantitative estimate of drug-likeness (QED) is 0.801. The van der Waals surface area contributed by atoms with Crippen LogP contribution in [0.2, 0.25) is 10.0 Å². The van der Waals surface area contributed by atoms with Crippen molar-refractivity contribution in [3.8, 4) is 5.75 Å². The molecule has 0 aromatic heterocycles. The number of alkyl halides is 1. The molecule has 0 heterocycles. The van der Waals surface area contributed by atoms with E-state index in [4.69, 9.17) is 23.2 Å². The van der Waals surface area contributed by atoms with Crippen molar-refractivity contribution in [2.24, 2.45) is 0 Å². The lowest BCUT2D eigenvalue weighted by Crippen LogP contribution is -1.97. The Bertz CT molecular complexity index is 299. The fourth-order valence-corrected chi connectivity index (χ4v) is 3.31. The highest BCUT2D eigenvalue weighted by Gasteiger charge is 2.18. The van der Waals surface area contributed by atoms with E-state index < -0.39 is 0 Å². The van der Waals surface area contributed by atoms with Gasteiger partial charge >= 0.3 is 0 Å². The van der Waals surface area contributed by atoms with Gasteiger partial charge < -0.3 is 5.11 Å². The van der Waals surface area contributed by atoms with Gasteiger partial charge in [-0.05, 0) is 12.8 Å². The minimum Gasteiger partial charge on any atom is -0.507 e. The molecule has 1 nitrogen and oxygen atoms in total. The van der Waals surface area contributed by atoms with Crippen LogP contribution in [-0.2, 0) is 18.2 Å². The Labute approximate surface area is 109 Å². The molecule has 0 aliphatic rings. The third kappa shape index (κ3) is 2.27. The van der Waals surface area contributed by atoms with Crippen LogP contribution in [0.1, 0.15) is 30.5 Å². The standard InChI is InChI=1S/C11H13BrCl2O/c1-3-6-9(13)8(5-12)10(14)7(4-2)11(6)15/h15H,3-5H2,1-2H3. The van der Waals surface area contributed by atoms with Crippen LogP contribution < -0.4 is 0 Å². The van der Waals surface area contributed by atoms with Gasteiger partial charge in [-0.3, -0.25) is 0 Å². The van der Waals surface area contributed by atoms with Crippen LogP contribution >= 0.6 is 39.1 Å². The van der Waals surface area contributed by atoms with Gasteiger partial charge in [0, 0.05) is 22.0 Å². The highest BCUT2D eigenvalue weighted by molar-refractivity contribution is 9.08. The predicted molar refractivity (Wildman–Crippen MR) is 69.5 cm³/mol. The molecular formula is C11H13BrCl2O. The van der Waals surface area contributed by atoms with Crippen LogP contribution in [0.4, 0.5) is 0 Å². The van der Waals surface area contributed by atoms with Crippen molar-refractivity contribution < 1.29 is 5.11 Å². The van der Waals surface area contributed by atoms with Crippen molar-refractivity contribution in [3.05, 3.63) is 26.7 Å². The van der Waals surface area contributed by atoms with Gasteiger partial charge in [-0.15, -0.1) is 0 Å². The normalized spacial score (nSPS) is 10.7. The van der Waals surface area contributed by atoms with E-state index in [0.29, 0.717) is 28.2 Å². The largest absolute Gasteiger partial charge is 0.507 e. The zero-order chi connectivity index (χ0) is 11.6. The lowest BCUT2D eigenvalue weighted by atomic mass is 10.0. The summed E-state index contributed by atoms with van der Waals surface area (Å²) in [5.74, 6) is 0.250. The fraction of sp³-hybridized carbons (Fsp3) is 0.455. The van der Waals surface area contributed by atoms with Crippen molar-refractivity contribution in [2.75, 3.05) is 0 Å². The van der Waals surface area contributed by atoms with E-state index in [1.807, 2.05) is 13.8 Å². The minimum absolute atomic E-state index is 0.250. The molecule has 4 heteroatoms. The first-order valence-corrected chi connectivity index (χ1v) is 6.72. The topological polar surface area (TPSA) is 20.2 Å². The molecule has 0 atom stereocenters. The van der Waals surface area contributed by atoms with Gasteiger partial charge in [-0.1, -0.05) is 53.0 Å². The van der Waals surface area contributed by atoms with Crippen molar-refractivity contribution in [3.63, 3.8) is 0 Å². The van der Waals surface area contributed by atoms with Crippen LogP contribution in [0.15, 0.2) is 0 Å². The number of rotatable bonds is 3. The monoisotopic (exact) mass is 310 g/mol. The summed E-state index contributed by atoms with van der Waals surface area (Å²) >= 11 is 15.7. The van der Waals surface area contributed by atoms with Crippen LogP contribution in [-0.4, -0.2) is 5.11 Å². The van der Waals surface area contributed by atoms with Gasteiger partial charge in [0.05, 0.1) is 10.0 Å². The number of benzene rings is 1. The SMILES string of the molecule is CCc1c(O)c(CC)c(Cl)c(CBr)c1Cl. The molecular weight excluding hydrogens is 299 g/mol. The Hall–Kier alpha value is 0.0800. The lowest BCUT2D eigenvalue weighted by molar-refractivity contribution is 0.462. The van der Waals surface area contributed by atoms with Gasteiger partial charge in [-0.25, -0.2) is 0 Å². The Morgan fingerprint density at radius 1 is 1.00 bits per heavy atom. The number of phenols is 1. The maximum atomic E-state index is 9.99. The highest BCUT2D eigenvalue weighted by atomic mass is 79.9. The molecule has 84 valence electrons. The molecule has 0 aliphatic carbocycles. The average Bonchev–Trinajstić information content (AvgIpc) is 2.19. The molecule has 0 saturated heterocycles. The maximum absolute atomic E-state index is 9.99. The van der Waals surface area contributed by atoms with Crippen LogP contribution in [0.3, 0.4) is 0 Å². The van der Waals surface area contributed by atoms with E-state index in [1.165, 1.54) is 0 Å². The summed E-state index contributed by atoms with van der Waals surface area (Å²) in [4.78, 5) is 0. The summed E-state index contributed by atoms with van der Waals surface area (Å²) in [6, 6.07) is 0. The van der Waals surface area contributed by atoms with Crippen molar-refractivity contribution in [1.82, 2.24) is 0 Å². The van der Waals surface area contributed by atoms with E-state index in [0.717, 1.165) is 16.7 Å². The third-order valence-electron chi connectivity index (χ3n) is 2.47. The molecule has 1 aromatic rings. The van der Waals surface area contributed by atoms with Crippen LogP contribution in [0.5, 0.6) is 5.75 Å². The molecule has 0 fully saturated rings. The van der Waals surface area contributed by atoms with Gasteiger partial charge in [-0.2, -0.15) is 0 Å². The Balaban J connectivity index is 3.57. The maximum Gasteiger partial charge on any atom is 0.124 e. The van der Waals surface area contributed by atoms with E-state index in [9.17, 15) is 5.11 Å². The number of hydrogen-bond donors (Lipinski definition) is 1. The summed E-state index contributed by atoms with van der Waals surface area (Å²) in [6.45, 7) is 3.93. The first kappa shape index (κ1) is 13.1. The molecule has 0 bridgehead atoms. The van der Waals surface area contributed by atoms with Crippen molar-refractivity contribution in [1.29, 1.82) is 0 Å². The molecule has 0 radical (unpaired) electrons. The van der Waals surface area contributed by atoms with Gasteiger partial charge in [0.2, 0.25) is 0 Å². The summed E-state index contributed by atoms with van der Waals surface area (Å²) in [5, 5.41) is 11.7. The molecule has 0 spiro atoms. The molecule has 1 N–H and O–H groups in total. The first-order valence-electron chi connectivity index (χ1n) is 4.84. The van der Waals surface area contributed by atoms with Gasteiger partial charge in [0.25, 0.3) is 0 Å². The third-order valence-corrected chi connectivity index (χ3v) is 3.95.